The minimum atomic E-state index is -4.25. The van der Waals surface area contributed by atoms with E-state index >= 15 is 0 Å². The van der Waals surface area contributed by atoms with Crippen molar-refractivity contribution in [2.24, 2.45) is 0 Å². The van der Waals surface area contributed by atoms with Crippen LogP contribution in [0.15, 0.2) is 0 Å². The van der Waals surface area contributed by atoms with Crippen LogP contribution in [0.2, 0.25) is 0 Å². The maximum atomic E-state index is 11.7. The van der Waals surface area contributed by atoms with E-state index in [-0.39, 0.29) is 12.1 Å². The van der Waals surface area contributed by atoms with Crippen LogP contribution in [0.25, 0.3) is 0 Å². The van der Waals surface area contributed by atoms with Crippen LogP contribution in [0.1, 0.15) is 26.7 Å². The second kappa shape index (κ2) is 7.35. The van der Waals surface area contributed by atoms with E-state index in [0.717, 1.165) is 12.8 Å². The molecule has 6 heteroatoms. The van der Waals surface area contributed by atoms with Crippen molar-refractivity contribution in [1.82, 2.24) is 5.32 Å². The highest BCUT2D eigenvalue weighted by atomic mass is 35.5. The Morgan fingerprint density at radius 2 is 1.75 bits per heavy atom. The highest BCUT2D eigenvalue weighted by Crippen LogP contribution is 2.17. The van der Waals surface area contributed by atoms with Crippen molar-refractivity contribution in [1.29, 1.82) is 0 Å². The van der Waals surface area contributed by atoms with Crippen molar-refractivity contribution in [3.8, 4) is 0 Å². The van der Waals surface area contributed by atoms with Crippen LogP contribution < -0.4 is 5.32 Å². The summed E-state index contributed by atoms with van der Waals surface area (Å²) in [6.45, 7) is 3.22. The predicted molar refractivity (Wildman–Crippen MR) is 58.9 cm³/mol. The van der Waals surface area contributed by atoms with Crippen molar-refractivity contribution in [2.75, 3.05) is 25.6 Å². The van der Waals surface area contributed by atoms with Gasteiger partial charge in [0.05, 0.1) is 6.61 Å². The second-order valence-electron chi connectivity index (χ2n) is 3.72. The smallest absolute Gasteiger partial charge is 0.371 e. The third-order valence-corrected chi connectivity index (χ3v) is 3.13. The summed E-state index contributed by atoms with van der Waals surface area (Å²) in [6, 6.07) is 0. The van der Waals surface area contributed by atoms with E-state index < -0.39 is 12.8 Å². The normalized spacial score (nSPS) is 13.1. The van der Waals surface area contributed by atoms with Gasteiger partial charge in [0, 0.05) is 18.0 Å². The predicted octanol–water partition coefficient (Wildman–Crippen LogP) is 2.95. The van der Waals surface area contributed by atoms with Crippen molar-refractivity contribution in [3.05, 3.63) is 0 Å². The summed E-state index contributed by atoms with van der Waals surface area (Å²) in [5.41, 5.74) is -0.191. The largest absolute Gasteiger partial charge is 0.411 e. The van der Waals surface area contributed by atoms with Crippen LogP contribution >= 0.6 is 11.6 Å². The molecule has 0 aromatic heterocycles. The number of ether oxygens (including phenoxy) is 1. The molecule has 0 aliphatic heterocycles. The van der Waals surface area contributed by atoms with Crippen molar-refractivity contribution in [3.63, 3.8) is 0 Å². The average molecular weight is 262 g/mol. The molecule has 0 aromatic carbocycles. The van der Waals surface area contributed by atoms with E-state index in [1.54, 1.807) is 0 Å². The zero-order valence-electron chi connectivity index (χ0n) is 9.66. The summed E-state index contributed by atoms with van der Waals surface area (Å²) in [5, 5.41) is 3.14. The van der Waals surface area contributed by atoms with Gasteiger partial charge >= 0.3 is 6.18 Å². The minimum Gasteiger partial charge on any atom is -0.371 e. The number of halogens is 4. The Kier molecular flexibility index (Phi) is 7.35. The van der Waals surface area contributed by atoms with Crippen molar-refractivity contribution < 1.29 is 17.9 Å². The maximum Gasteiger partial charge on any atom is 0.411 e. The fourth-order valence-electron chi connectivity index (χ4n) is 1.31. The summed E-state index contributed by atoms with van der Waals surface area (Å²) in [4.78, 5) is 0. The molecule has 0 saturated heterocycles. The number of hydrogen-bond donors (Lipinski definition) is 1. The minimum absolute atomic E-state index is 0.0398. The van der Waals surface area contributed by atoms with Gasteiger partial charge in [-0.05, 0) is 12.8 Å². The molecule has 0 rings (SSSR count). The Balaban J connectivity index is 3.71. The molecule has 0 atom stereocenters. The van der Waals surface area contributed by atoms with Gasteiger partial charge in [0.2, 0.25) is 0 Å². The first kappa shape index (κ1) is 16.0. The SMILES string of the molecule is CCC(CC)(CCl)NCCOCC(F)(F)F. The molecular formula is C10H19ClF3NO. The van der Waals surface area contributed by atoms with E-state index in [4.69, 9.17) is 11.6 Å². The van der Waals surface area contributed by atoms with E-state index in [1.165, 1.54) is 0 Å². The van der Waals surface area contributed by atoms with Crippen LogP contribution in [0.4, 0.5) is 13.2 Å². The van der Waals surface area contributed by atoms with Crippen molar-refractivity contribution >= 4 is 11.6 Å². The molecule has 0 aromatic rings. The molecule has 2 nitrogen and oxygen atoms in total. The van der Waals surface area contributed by atoms with Gasteiger partial charge in [-0.2, -0.15) is 13.2 Å². The fraction of sp³-hybridized carbons (Fsp3) is 1.00. The first-order valence-electron chi connectivity index (χ1n) is 5.34. The molecule has 0 bridgehead atoms. The second-order valence-corrected chi connectivity index (χ2v) is 3.98. The monoisotopic (exact) mass is 261 g/mol. The summed E-state index contributed by atoms with van der Waals surface area (Å²) >= 11 is 5.83. The third-order valence-electron chi connectivity index (χ3n) is 2.62. The molecule has 16 heavy (non-hydrogen) atoms. The van der Waals surface area contributed by atoms with Crippen LogP contribution in [0.3, 0.4) is 0 Å². The lowest BCUT2D eigenvalue weighted by Gasteiger charge is -2.30. The molecule has 98 valence electrons. The van der Waals surface area contributed by atoms with E-state index in [0.29, 0.717) is 12.4 Å². The van der Waals surface area contributed by atoms with Crippen LogP contribution in [-0.2, 0) is 4.74 Å². The fourth-order valence-corrected chi connectivity index (χ4v) is 1.78. The molecule has 0 spiro atoms. The molecule has 0 fully saturated rings. The summed E-state index contributed by atoms with van der Waals surface area (Å²) in [6.07, 6.45) is -2.57. The Bertz CT molecular complexity index is 175. The molecular weight excluding hydrogens is 243 g/mol. The van der Waals surface area contributed by atoms with Gasteiger partial charge in [-0.3, -0.25) is 0 Å². The Labute approximate surface area is 99.5 Å². The molecule has 0 aliphatic rings. The standard InChI is InChI=1S/C10H19ClF3NO/c1-3-9(4-2,7-11)15-5-6-16-8-10(12,13)14/h15H,3-8H2,1-2H3. The summed E-state index contributed by atoms with van der Waals surface area (Å²) < 4.78 is 39.7. The Morgan fingerprint density at radius 3 is 2.12 bits per heavy atom. The van der Waals surface area contributed by atoms with Crippen molar-refractivity contribution in [2.45, 2.75) is 38.4 Å². The molecule has 0 heterocycles. The van der Waals surface area contributed by atoms with E-state index in [9.17, 15) is 13.2 Å². The highest BCUT2D eigenvalue weighted by Gasteiger charge is 2.28. The van der Waals surface area contributed by atoms with Gasteiger partial charge in [-0.25, -0.2) is 0 Å². The van der Waals surface area contributed by atoms with Gasteiger partial charge in [-0.15, -0.1) is 11.6 Å². The number of hydrogen-bond acceptors (Lipinski definition) is 2. The van der Waals surface area contributed by atoms with Gasteiger partial charge in [0.15, 0.2) is 0 Å². The van der Waals surface area contributed by atoms with Gasteiger partial charge in [0.1, 0.15) is 6.61 Å². The first-order valence-corrected chi connectivity index (χ1v) is 5.88. The number of rotatable bonds is 8. The number of nitrogens with one attached hydrogen (secondary N) is 1. The van der Waals surface area contributed by atoms with Crippen LogP contribution in [0.5, 0.6) is 0 Å². The van der Waals surface area contributed by atoms with Gasteiger partial charge in [-0.1, -0.05) is 13.8 Å². The average Bonchev–Trinajstić information content (AvgIpc) is 2.23. The molecule has 0 unspecified atom stereocenters. The zero-order chi connectivity index (χ0) is 12.7. The Hall–Kier alpha value is -0.0000000000000000555. The quantitative estimate of drug-likeness (QED) is 0.536. The summed E-state index contributed by atoms with van der Waals surface area (Å²) in [7, 11) is 0. The lowest BCUT2D eigenvalue weighted by atomic mass is 9.95. The summed E-state index contributed by atoms with van der Waals surface area (Å²) in [5.74, 6) is 0.444. The van der Waals surface area contributed by atoms with Crippen LogP contribution in [-0.4, -0.2) is 37.4 Å². The van der Waals surface area contributed by atoms with Gasteiger partial charge in [0.25, 0.3) is 0 Å². The molecule has 0 amide bonds. The highest BCUT2D eigenvalue weighted by molar-refractivity contribution is 6.18. The molecule has 1 N–H and O–H groups in total. The van der Waals surface area contributed by atoms with E-state index in [1.807, 2.05) is 13.8 Å². The molecule has 0 aliphatic carbocycles. The molecule has 0 radical (unpaired) electrons. The first-order chi connectivity index (χ1) is 7.39. The van der Waals surface area contributed by atoms with Gasteiger partial charge < -0.3 is 10.1 Å². The molecule has 0 saturated carbocycles. The lowest BCUT2D eigenvalue weighted by molar-refractivity contribution is -0.173. The zero-order valence-corrected chi connectivity index (χ0v) is 10.4. The lowest BCUT2D eigenvalue weighted by Crippen LogP contribution is -2.47. The Morgan fingerprint density at radius 1 is 1.19 bits per heavy atom. The van der Waals surface area contributed by atoms with Crippen LogP contribution in [0, 0.1) is 0 Å². The maximum absolute atomic E-state index is 11.7. The third kappa shape index (κ3) is 6.55. The van der Waals surface area contributed by atoms with E-state index in [2.05, 4.69) is 10.1 Å². The topological polar surface area (TPSA) is 21.3 Å². The number of alkyl halides is 4.